The lowest BCUT2D eigenvalue weighted by molar-refractivity contribution is -0.139. The Labute approximate surface area is 205 Å². The van der Waals surface area contributed by atoms with E-state index < -0.39 is 5.60 Å². The van der Waals surface area contributed by atoms with Gasteiger partial charge in [0.25, 0.3) is 0 Å². The molecule has 4 rings (SSSR count). The Hall–Kier alpha value is -2.30. The first-order chi connectivity index (χ1) is 16.0. The van der Waals surface area contributed by atoms with Crippen LogP contribution in [0.3, 0.4) is 0 Å². The van der Waals surface area contributed by atoms with Crippen LogP contribution in [0.4, 0.5) is 4.79 Å². The number of alkyl carbamates (subject to hydrolysis) is 1. The van der Waals surface area contributed by atoms with Crippen molar-refractivity contribution in [1.82, 2.24) is 10.2 Å². The van der Waals surface area contributed by atoms with Crippen molar-refractivity contribution in [3.8, 4) is 0 Å². The molecule has 2 aliphatic carbocycles. The molecule has 1 aliphatic heterocycles. The van der Waals surface area contributed by atoms with Crippen LogP contribution in [0.5, 0.6) is 0 Å². The van der Waals surface area contributed by atoms with Crippen molar-refractivity contribution < 1.29 is 14.3 Å². The quantitative estimate of drug-likeness (QED) is 0.602. The molecule has 186 valence electrons. The van der Waals surface area contributed by atoms with Crippen LogP contribution in [0.2, 0.25) is 0 Å². The molecule has 0 bridgehead atoms. The summed E-state index contributed by atoms with van der Waals surface area (Å²) in [5.74, 6) is 1.27. The maximum absolute atomic E-state index is 13.7. The normalized spacial score (nSPS) is 24.7. The van der Waals surface area contributed by atoms with E-state index in [-0.39, 0.29) is 18.1 Å². The molecule has 1 aromatic rings. The SMILES string of the molecule is Cc1ccc2c(c1)CC1=C2CCN(C(=O)C2CCC(CNC(=O)OC(C)(C)C)CC2)C1C(C)C. The van der Waals surface area contributed by atoms with E-state index in [0.29, 0.717) is 24.3 Å². The van der Waals surface area contributed by atoms with Gasteiger partial charge in [-0.2, -0.15) is 0 Å². The van der Waals surface area contributed by atoms with Crippen LogP contribution in [0.25, 0.3) is 5.57 Å². The van der Waals surface area contributed by atoms with Gasteiger partial charge in [0.2, 0.25) is 5.91 Å². The second-order valence-electron chi connectivity index (χ2n) is 11.9. The maximum Gasteiger partial charge on any atom is 0.407 e. The van der Waals surface area contributed by atoms with E-state index in [1.54, 1.807) is 0 Å². The number of carbonyl (C=O) groups is 2. The summed E-state index contributed by atoms with van der Waals surface area (Å²) in [6.07, 6.45) is 5.38. The first kappa shape index (κ1) is 24.8. The van der Waals surface area contributed by atoms with Gasteiger partial charge in [0, 0.05) is 19.0 Å². The van der Waals surface area contributed by atoms with Crippen molar-refractivity contribution >= 4 is 17.6 Å². The number of amides is 2. The molecule has 1 N–H and O–H groups in total. The molecule has 1 saturated carbocycles. The number of fused-ring (bicyclic) bond motifs is 2. The Morgan fingerprint density at radius 2 is 1.85 bits per heavy atom. The second-order valence-corrected chi connectivity index (χ2v) is 11.9. The van der Waals surface area contributed by atoms with Gasteiger partial charge in [-0.25, -0.2) is 4.79 Å². The summed E-state index contributed by atoms with van der Waals surface area (Å²) in [7, 11) is 0. The fourth-order valence-electron chi connectivity index (χ4n) is 6.19. The van der Waals surface area contributed by atoms with Gasteiger partial charge in [0.1, 0.15) is 5.60 Å². The molecule has 0 radical (unpaired) electrons. The van der Waals surface area contributed by atoms with Crippen molar-refractivity contribution in [2.75, 3.05) is 13.1 Å². The van der Waals surface area contributed by atoms with E-state index in [0.717, 1.165) is 45.1 Å². The summed E-state index contributed by atoms with van der Waals surface area (Å²) in [6, 6.07) is 7.03. The topological polar surface area (TPSA) is 58.6 Å². The molecular weight excluding hydrogens is 424 g/mol. The number of nitrogens with zero attached hydrogens (tertiary/aromatic N) is 1. The zero-order valence-electron chi connectivity index (χ0n) is 21.9. The van der Waals surface area contributed by atoms with Gasteiger partial charge >= 0.3 is 6.09 Å². The monoisotopic (exact) mass is 466 g/mol. The largest absolute Gasteiger partial charge is 0.444 e. The number of benzene rings is 1. The van der Waals surface area contributed by atoms with E-state index in [1.807, 2.05) is 20.8 Å². The lowest BCUT2D eigenvalue weighted by Crippen LogP contribution is -2.50. The van der Waals surface area contributed by atoms with E-state index in [4.69, 9.17) is 4.74 Å². The van der Waals surface area contributed by atoms with Crippen molar-refractivity contribution in [3.05, 3.63) is 40.5 Å². The van der Waals surface area contributed by atoms with Gasteiger partial charge in [-0.15, -0.1) is 0 Å². The van der Waals surface area contributed by atoms with E-state index >= 15 is 0 Å². The molecule has 3 aliphatic rings. The zero-order valence-corrected chi connectivity index (χ0v) is 21.9. The van der Waals surface area contributed by atoms with Gasteiger partial charge in [-0.1, -0.05) is 37.6 Å². The minimum atomic E-state index is -0.482. The lowest BCUT2D eigenvalue weighted by atomic mass is 9.79. The number of rotatable bonds is 4. The number of nitrogens with one attached hydrogen (secondary N) is 1. The molecule has 1 fully saturated rings. The van der Waals surface area contributed by atoms with E-state index in [1.165, 1.54) is 27.8 Å². The summed E-state index contributed by atoms with van der Waals surface area (Å²) < 4.78 is 5.35. The molecule has 0 spiro atoms. The summed E-state index contributed by atoms with van der Waals surface area (Å²) in [4.78, 5) is 27.9. The molecular formula is C29H42N2O3. The van der Waals surface area contributed by atoms with Crippen LogP contribution in [-0.4, -0.2) is 41.6 Å². The third-order valence-corrected chi connectivity index (χ3v) is 7.69. The highest BCUT2D eigenvalue weighted by Gasteiger charge is 2.40. The van der Waals surface area contributed by atoms with Gasteiger partial charge < -0.3 is 15.0 Å². The van der Waals surface area contributed by atoms with Crippen molar-refractivity contribution in [3.63, 3.8) is 0 Å². The molecule has 0 aromatic heterocycles. The highest BCUT2D eigenvalue weighted by Crippen LogP contribution is 2.44. The number of aryl methyl sites for hydroxylation is 1. The smallest absolute Gasteiger partial charge is 0.407 e. The second kappa shape index (κ2) is 9.75. The predicted molar refractivity (Wildman–Crippen MR) is 136 cm³/mol. The van der Waals surface area contributed by atoms with Crippen LogP contribution in [0.1, 0.15) is 83.4 Å². The average Bonchev–Trinajstić information content (AvgIpc) is 3.12. The fourth-order valence-corrected chi connectivity index (χ4v) is 6.19. The molecule has 2 amide bonds. The third-order valence-electron chi connectivity index (χ3n) is 7.69. The highest BCUT2D eigenvalue weighted by molar-refractivity contribution is 5.84. The molecule has 1 atom stereocenters. The Bertz CT molecular complexity index is 964. The minimum absolute atomic E-state index is 0.104. The molecule has 1 aromatic carbocycles. The van der Waals surface area contributed by atoms with Crippen molar-refractivity contribution in [1.29, 1.82) is 0 Å². The maximum atomic E-state index is 13.7. The minimum Gasteiger partial charge on any atom is -0.444 e. The van der Waals surface area contributed by atoms with E-state index in [2.05, 4.69) is 49.2 Å². The molecule has 5 heteroatoms. The first-order valence-corrected chi connectivity index (χ1v) is 13.1. The van der Waals surface area contributed by atoms with Crippen LogP contribution in [0, 0.1) is 24.7 Å². The molecule has 1 heterocycles. The van der Waals surface area contributed by atoms with Crippen molar-refractivity contribution in [2.45, 2.75) is 91.7 Å². The van der Waals surface area contributed by atoms with Crippen LogP contribution >= 0.6 is 0 Å². The Morgan fingerprint density at radius 3 is 2.50 bits per heavy atom. The fraction of sp³-hybridized carbons (Fsp3) is 0.655. The lowest BCUT2D eigenvalue weighted by Gasteiger charge is -2.42. The highest BCUT2D eigenvalue weighted by atomic mass is 16.6. The van der Waals surface area contributed by atoms with Gasteiger partial charge in [0.15, 0.2) is 0 Å². The van der Waals surface area contributed by atoms with Crippen molar-refractivity contribution in [2.24, 2.45) is 17.8 Å². The number of ether oxygens (including phenoxy) is 1. The summed E-state index contributed by atoms with van der Waals surface area (Å²) in [5.41, 5.74) is 6.65. The molecule has 34 heavy (non-hydrogen) atoms. The van der Waals surface area contributed by atoms with Gasteiger partial charge in [-0.05, 0) is 100 Å². The number of carbonyl (C=O) groups excluding carboxylic acids is 2. The van der Waals surface area contributed by atoms with Gasteiger partial charge in [0.05, 0.1) is 6.04 Å². The van der Waals surface area contributed by atoms with Gasteiger partial charge in [-0.3, -0.25) is 4.79 Å². The summed E-state index contributed by atoms with van der Waals surface area (Å²) in [6.45, 7) is 13.8. The number of hydrogen-bond acceptors (Lipinski definition) is 3. The first-order valence-electron chi connectivity index (χ1n) is 13.1. The molecule has 1 unspecified atom stereocenters. The zero-order chi connectivity index (χ0) is 24.6. The Morgan fingerprint density at radius 1 is 1.15 bits per heavy atom. The third kappa shape index (κ3) is 5.34. The number of hydrogen-bond donors (Lipinski definition) is 1. The average molecular weight is 467 g/mol. The van der Waals surface area contributed by atoms with Crippen LogP contribution in [0.15, 0.2) is 23.8 Å². The standard InChI is InChI=1S/C29H42N2O3/c1-18(2)26-25-16-22-15-19(3)7-12-23(22)24(25)13-14-31(26)27(32)21-10-8-20(9-11-21)17-30-28(33)34-29(4,5)6/h7,12,15,18,20-21,26H,8-11,13-14,16-17H2,1-6H3,(H,30,33). The van der Waals surface area contributed by atoms with Crippen LogP contribution < -0.4 is 5.32 Å². The molecule has 0 saturated heterocycles. The Kier molecular flexibility index (Phi) is 7.12. The summed E-state index contributed by atoms with van der Waals surface area (Å²) >= 11 is 0. The van der Waals surface area contributed by atoms with Crippen LogP contribution in [-0.2, 0) is 16.0 Å². The van der Waals surface area contributed by atoms with E-state index in [9.17, 15) is 9.59 Å². The summed E-state index contributed by atoms with van der Waals surface area (Å²) in [5, 5.41) is 2.91. The Balaban J connectivity index is 1.36. The molecule has 5 nitrogen and oxygen atoms in total. The predicted octanol–water partition coefficient (Wildman–Crippen LogP) is 5.89.